The standard InChI is InChI=1S/C17H24N2O2/c1-2-9-18-11-15-7-8-17(21-15)13-19(14-5-6-14)12-16-4-3-10-20-16/h3-4,7-8,10,14,18H,2,5-6,9,11-13H2,1H3. The quantitative estimate of drug-likeness (QED) is 0.717. The van der Waals surface area contributed by atoms with E-state index in [2.05, 4.69) is 29.3 Å². The summed E-state index contributed by atoms with van der Waals surface area (Å²) < 4.78 is 11.4. The summed E-state index contributed by atoms with van der Waals surface area (Å²) in [5, 5.41) is 3.37. The molecule has 3 rings (SSSR count). The van der Waals surface area contributed by atoms with Crippen molar-refractivity contribution in [3.8, 4) is 0 Å². The van der Waals surface area contributed by atoms with E-state index >= 15 is 0 Å². The van der Waals surface area contributed by atoms with Crippen molar-refractivity contribution in [2.75, 3.05) is 6.54 Å². The van der Waals surface area contributed by atoms with Crippen LogP contribution < -0.4 is 5.32 Å². The first-order valence-electron chi connectivity index (χ1n) is 7.90. The second-order valence-corrected chi connectivity index (χ2v) is 5.76. The average molecular weight is 288 g/mol. The van der Waals surface area contributed by atoms with Crippen LogP contribution >= 0.6 is 0 Å². The Hall–Kier alpha value is -1.52. The van der Waals surface area contributed by atoms with E-state index in [-0.39, 0.29) is 0 Å². The van der Waals surface area contributed by atoms with Gasteiger partial charge in [0.05, 0.1) is 25.9 Å². The molecule has 1 fully saturated rings. The van der Waals surface area contributed by atoms with E-state index in [0.29, 0.717) is 6.04 Å². The van der Waals surface area contributed by atoms with Crippen LogP contribution in [0.1, 0.15) is 43.5 Å². The molecule has 0 amide bonds. The number of nitrogens with one attached hydrogen (secondary N) is 1. The van der Waals surface area contributed by atoms with Gasteiger partial charge in [0.15, 0.2) is 0 Å². The van der Waals surface area contributed by atoms with Crippen LogP contribution in [-0.4, -0.2) is 17.5 Å². The van der Waals surface area contributed by atoms with Gasteiger partial charge in [0.2, 0.25) is 0 Å². The van der Waals surface area contributed by atoms with Crippen LogP contribution in [0.25, 0.3) is 0 Å². The summed E-state index contributed by atoms with van der Waals surface area (Å²) in [6, 6.07) is 8.85. The van der Waals surface area contributed by atoms with Gasteiger partial charge in [0.25, 0.3) is 0 Å². The second-order valence-electron chi connectivity index (χ2n) is 5.76. The maximum atomic E-state index is 5.92. The average Bonchev–Trinajstić information content (AvgIpc) is 3.03. The Morgan fingerprint density at radius 1 is 1.14 bits per heavy atom. The molecular weight excluding hydrogens is 264 g/mol. The number of hydrogen-bond acceptors (Lipinski definition) is 4. The molecule has 1 saturated carbocycles. The number of nitrogens with zero attached hydrogens (tertiary/aromatic N) is 1. The van der Waals surface area contributed by atoms with Gasteiger partial charge in [-0.3, -0.25) is 4.90 Å². The van der Waals surface area contributed by atoms with Crippen molar-refractivity contribution in [2.24, 2.45) is 0 Å². The zero-order valence-electron chi connectivity index (χ0n) is 12.7. The van der Waals surface area contributed by atoms with Crippen molar-refractivity contribution in [1.82, 2.24) is 10.2 Å². The summed E-state index contributed by atoms with van der Waals surface area (Å²) >= 11 is 0. The van der Waals surface area contributed by atoms with E-state index < -0.39 is 0 Å². The molecule has 0 spiro atoms. The smallest absolute Gasteiger partial charge is 0.118 e. The first kappa shape index (κ1) is 14.4. The third-order valence-corrected chi connectivity index (χ3v) is 3.80. The van der Waals surface area contributed by atoms with Gasteiger partial charge in [0, 0.05) is 6.04 Å². The third-order valence-electron chi connectivity index (χ3n) is 3.80. The van der Waals surface area contributed by atoms with Gasteiger partial charge in [-0.25, -0.2) is 0 Å². The number of furan rings is 2. The largest absolute Gasteiger partial charge is 0.468 e. The summed E-state index contributed by atoms with van der Waals surface area (Å²) in [5.41, 5.74) is 0. The molecule has 1 aliphatic rings. The molecule has 4 heteroatoms. The van der Waals surface area contributed by atoms with E-state index in [1.807, 2.05) is 12.1 Å². The molecule has 0 aromatic carbocycles. The minimum Gasteiger partial charge on any atom is -0.468 e. The molecule has 21 heavy (non-hydrogen) atoms. The maximum Gasteiger partial charge on any atom is 0.118 e. The van der Waals surface area contributed by atoms with Crippen molar-refractivity contribution in [2.45, 2.75) is 51.9 Å². The highest BCUT2D eigenvalue weighted by molar-refractivity contribution is 5.08. The first-order chi connectivity index (χ1) is 10.3. The minimum atomic E-state index is 0.682. The van der Waals surface area contributed by atoms with E-state index in [9.17, 15) is 0 Å². The zero-order chi connectivity index (χ0) is 14.5. The Kier molecular flexibility index (Phi) is 4.78. The number of hydrogen-bond donors (Lipinski definition) is 1. The summed E-state index contributed by atoms with van der Waals surface area (Å²) in [4.78, 5) is 2.45. The van der Waals surface area contributed by atoms with Gasteiger partial charge < -0.3 is 14.2 Å². The molecule has 2 aromatic rings. The van der Waals surface area contributed by atoms with E-state index in [1.165, 1.54) is 12.8 Å². The van der Waals surface area contributed by atoms with Gasteiger partial charge >= 0.3 is 0 Å². The molecule has 0 bridgehead atoms. The Labute approximate surface area is 126 Å². The third kappa shape index (κ3) is 4.22. The van der Waals surface area contributed by atoms with Crippen LogP contribution in [0.3, 0.4) is 0 Å². The van der Waals surface area contributed by atoms with Crippen molar-refractivity contribution >= 4 is 0 Å². The van der Waals surface area contributed by atoms with Crippen molar-refractivity contribution in [1.29, 1.82) is 0 Å². The molecule has 0 aliphatic heterocycles. The predicted octanol–water partition coefficient (Wildman–Crippen LogP) is 3.54. The summed E-state index contributed by atoms with van der Waals surface area (Å²) in [6.07, 6.45) is 5.45. The van der Waals surface area contributed by atoms with E-state index in [0.717, 1.165) is 49.9 Å². The van der Waals surface area contributed by atoms with Gasteiger partial charge in [-0.1, -0.05) is 6.92 Å². The predicted molar refractivity (Wildman–Crippen MR) is 81.7 cm³/mol. The fourth-order valence-electron chi connectivity index (χ4n) is 2.55. The molecule has 2 heterocycles. The van der Waals surface area contributed by atoms with Crippen molar-refractivity contribution < 1.29 is 8.83 Å². The summed E-state index contributed by atoms with van der Waals surface area (Å²) in [6.45, 7) is 5.74. The lowest BCUT2D eigenvalue weighted by molar-refractivity contribution is 0.206. The Bertz CT molecular complexity index is 529. The normalized spacial score (nSPS) is 15.0. The molecule has 0 unspecified atom stereocenters. The maximum absolute atomic E-state index is 5.92. The fourth-order valence-corrected chi connectivity index (χ4v) is 2.55. The highest BCUT2D eigenvalue weighted by Gasteiger charge is 2.30. The van der Waals surface area contributed by atoms with Gasteiger partial charge in [-0.15, -0.1) is 0 Å². The second kappa shape index (κ2) is 6.96. The molecular formula is C17H24N2O2. The lowest BCUT2D eigenvalue weighted by Gasteiger charge is -2.19. The Balaban J connectivity index is 1.55. The van der Waals surface area contributed by atoms with E-state index in [4.69, 9.17) is 8.83 Å². The molecule has 1 N–H and O–H groups in total. The number of rotatable bonds is 9. The highest BCUT2D eigenvalue weighted by Crippen LogP contribution is 2.30. The van der Waals surface area contributed by atoms with Crippen LogP contribution in [0.5, 0.6) is 0 Å². The first-order valence-corrected chi connectivity index (χ1v) is 7.90. The van der Waals surface area contributed by atoms with Crippen molar-refractivity contribution in [3.05, 3.63) is 47.8 Å². The summed E-state index contributed by atoms with van der Waals surface area (Å²) in [7, 11) is 0. The SMILES string of the molecule is CCCNCc1ccc(CN(Cc2ccco2)C2CC2)o1. The lowest BCUT2D eigenvalue weighted by atomic mass is 10.3. The van der Waals surface area contributed by atoms with E-state index in [1.54, 1.807) is 6.26 Å². The van der Waals surface area contributed by atoms with Crippen LogP contribution in [0.2, 0.25) is 0 Å². The van der Waals surface area contributed by atoms with Gasteiger partial charge in [-0.05, 0) is 50.1 Å². The fraction of sp³-hybridized carbons (Fsp3) is 0.529. The monoisotopic (exact) mass is 288 g/mol. The van der Waals surface area contributed by atoms with Crippen LogP contribution in [0, 0.1) is 0 Å². The lowest BCUT2D eigenvalue weighted by Crippen LogP contribution is -2.24. The molecule has 2 aromatic heterocycles. The van der Waals surface area contributed by atoms with Crippen LogP contribution in [0.15, 0.2) is 39.4 Å². The minimum absolute atomic E-state index is 0.682. The zero-order valence-corrected chi connectivity index (χ0v) is 12.7. The highest BCUT2D eigenvalue weighted by atomic mass is 16.3. The topological polar surface area (TPSA) is 41.5 Å². The Morgan fingerprint density at radius 2 is 1.95 bits per heavy atom. The molecule has 0 radical (unpaired) electrons. The Morgan fingerprint density at radius 3 is 2.67 bits per heavy atom. The molecule has 0 saturated heterocycles. The van der Waals surface area contributed by atoms with Gasteiger partial charge in [0.1, 0.15) is 17.3 Å². The van der Waals surface area contributed by atoms with Crippen molar-refractivity contribution in [3.63, 3.8) is 0 Å². The molecule has 1 aliphatic carbocycles. The molecule has 4 nitrogen and oxygen atoms in total. The van der Waals surface area contributed by atoms with Crippen LogP contribution in [-0.2, 0) is 19.6 Å². The molecule has 114 valence electrons. The van der Waals surface area contributed by atoms with Crippen LogP contribution in [0.4, 0.5) is 0 Å². The summed E-state index contributed by atoms with van der Waals surface area (Å²) in [5.74, 6) is 3.09. The molecule has 0 atom stereocenters. The van der Waals surface area contributed by atoms with Gasteiger partial charge in [-0.2, -0.15) is 0 Å².